The Labute approximate surface area is 147 Å². The van der Waals surface area contributed by atoms with E-state index >= 15 is 0 Å². The van der Waals surface area contributed by atoms with Gasteiger partial charge in [-0.05, 0) is 31.4 Å². The molecule has 2 aliphatic rings. The molecule has 2 N–H and O–H groups in total. The lowest BCUT2D eigenvalue weighted by molar-refractivity contribution is 0.173. The maximum atomic E-state index is 5.99. The minimum atomic E-state index is 0. The number of benzene rings is 1. The van der Waals surface area contributed by atoms with Crippen LogP contribution in [0.15, 0.2) is 23.2 Å². The van der Waals surface area contributed by atoms with Crippen molar-refractivity contribution in [1.82, 2.24) is 4.90 Å². The quantitative estimate of drug-likeness (QED) is 0.351. The second-order valence-electron chi connectivity index (χ2n) is 5.15. The molecule has 2 aliphatic heterocycles. The molecule has 122 valence electrons. The maximum Gasteiger partial charge on any atom is 0.231 e. The van der Waals surface area contributed by atoms with Gasteiger partial charge in [-0.2, -0.15) is 0 Å². The SMILES string of the molecule is I.NC(=NCCOc1ccc2c(c1)OCO2)N1CCCCC1. The largest absolute Gasteiger partial charge is 0.492 e. The second-order valence-corrected chi connectivity index (χ2v) is 5.15. The second kappa shape index (κ2) is 8.30. The molecule has 1 aromatic carbocycles. The molecule has 0 unspecified atom stereocenters. The fraction of sp³-hybridized carbons (Fsp3) is 0.533. The van der Waals surface area contributed by atoms with Crippen LogP contribution in [0.4, 0.5) is 0 Å². The summed E-state index contributed by atoms with van der Waals surface area (Å²) in [5, 5.41) is 0. The van der Waals surface area contributed by atoms with E-state index < -0.39 is 0 Å². The highest BCUT2D eigenvalue weighted by molar-refractivity contribution is 14.0. The molecule has 0 amide bonds. The maximum absolute atomic E-state index is 5.99. The van der Waals surface area contributed by atoms with E-state index in [0.717, 1.165) is 30.3 Å². The van der Waals surface area contributed by atoms with Crippen molar-refractivity contribution in [3.05, 3.63) is 18.2 Å². The first kappa shape index (κ1) is 17.0. The number of fused-ring (bicyclic) bond motifs is 1. The number of aliphatic imine (C=N–C) groups is 1. The predicted octanol–water partition coefficient (Wildman–Crippen LogP) is 2.21. The molecule has 3 rings (SSSR count). The van der Waals surface area contributed by atoms with Gasteiger partial charge in [0.05, 0.1) is 6.54 Å². The molecule has 1 aromatic rings. The van der Waals surface area contributed by atoms with Crippen LogP contribution in [0.3, 0.4) is 0 Å². The van der Waals surface area contributed by atoms with Gasteiger partial charge in [0.15, 0.2) is 17.5 Å². The van der Waals surface area contributed by atoms with Crippen molar-refractivity contribution in [1.29, 1.82) is 0 Å². The van der Waals surface area contributed by atoms with E-state index in [2.05, 4.69) is 9.89 Å². The summed E-state index contributed by atoms with van der Waals surface area (Å²) in [5.41, 5.74) is 5.99. The van der Waals surface area contributed by atoms with Crippen molar-refractivity contribution < 1.29 is 14.2 Å². The average molecular weight is 419 g/mol. The normalized spacial score (nSPS) is 17.1. The van der Waals surface area contributed by atoms with Crippen molar-refractivity contribution >= 4 is 29.9 Å². The zero-order chi connectivity index (χ0) is 14.5. The van der Waals surface area contributed by atoms with E-state index in [0.29, 0.717) is 19.1 Å². The smallest absolute Gasteiger partial charge is 0.231 e. The first-order valence-electron chi connectivity index (χ1n) is 7.40. The van der Waals surface area contributed by atoms with Crippen LogP contribution in [0.1, 0.15) is 19.3 Å². The van der Waals surface area contributed by atoms with Crippen molar-refractivity contribution in [3.8, 4) is 17.2 Å². The Kier molecular flexibility index (Phi) is 6.41. The Morgan fingerprint density at radius 3 is 2.77 bits per heavy atom. The van der Waals surface area contributed by atoms with Crippen molar-refractivity contribution in [2.24, 2.45) is 10.7 Å². The Balaban J connectivity index is 0.00000176. The summed E-state index contributed by atoms with van der Waals surface area (Å²) < 4.78 is 16.2. The third-order valence-corrected chi connectivity index (χ3v) is 3.66. The monoisotopic (exact) mass is 419 g/mol. The Bertz CT molecular complexity index is 519. The number of nitrogens with zero attached hydrogens (tertiary/aromatic N) is 2. The van der Waals surface area contributed by atoms with Crippen molar-refractivity contribution in [2.45, 2.75) is 19.3 Å². The van der Waals surface area contributed by atoms with Crippen molar-refractivity contribution in [3.63, 3.8) is 0 Å². The number of nitrogens with two attached hydrogens (primary N) is 1. The molecule has 0 aromatic heterocycles. The Hall–Kier alpha value is -1.38. The summed E-state index contributed by atoms with van der Waals surface area (Å²) in [7, 11) is 0. The van der Waals surface area contributed by atoms with Crippen LogP contribution >= 0.6 is 24.0 Å². The number of rotatable bonds is 4. The predicted molar refractivity (Wildman–Crippen MR) is 95.4 cm³/mol. The van der Waals surface area contributed by atoms with Crippen LogP contribution in [0.25, 0.3) is 0 Å². The van der Waals surface area contributed by atoms with Gasteiger partial charge < -0.3 is 24.8 Å². The fourth-order valence-corrected chi connectivity index (χ4v) is 2.51. The van der Waals surface area contributed by atoms with Gasteiger partial charge in [-0.15, -0.1) is 24.0 Å². The standard InChI is InChI=1S/C15H21N3O3.HI/c16-15(18-7-2-1-3-8-18)17-6-9-19-12-4-5-13-14(10-12)21-11-20-13;/h4-5,10H,1-3,6-9,11H2,(H2,16,17);1H. The zero-order valence-electron chi connectivity index (χ0n) is 12.5. The van der Waals surface area contributed by atoms with Gasteiger partial charge in [-0.25, -0.2) is 4.99 Å². The van der Waals surface area contributed by atoms with Gasteiger partial charge in [-0.3, -0.25) is 0 Å². The molecule has 22 heavy (non-hydrogen) atoms. The third kappa shape index (κ3) is 4.31. The average Bonchev–Trinajstić information content (AvgIpc) is 3.00. The van der Waals surface area contributed by atoms with E-state index in [4.69, 9.17) is 19.9 Å². The highest BCUT2D eigenvalue weighted by atomic mass is 127. The van der Waals surface area contributed by atoms with Gasteiger partial charge in [0, 0.05) is 19.2 Å². The van der Waals surface area contributed by atoms with Crippen LogP contribution in [0, 0.1) is 0 Å². The number of hydrogen-bond donors (Lipinski definition) is 1. The minimum absolute atomic E-state index is 0. The van der Waals surface area contributed by atoms with Crippen LogP contribution in [-0.2, 0) is 0 Å². The molecule has 1 fully saturated rings. The molecule has 0 bridgehead atoms. The number of piperidine rings is 1. The summed E-state index contributed by atoms with van der Waals surface area (Å²) in [6.07, 6.45) is 3.69. The lowest BCUT2D eigenvalue weighted by atomic mass is 10.1. The topological polar surface area (TPSA) is 69.3 Å². The van der Waals surface area contributed by atoms with Crippen molar-refractivity contribution in [2.75, 3.05) is 33.0 Å². The number of hydrogen-bond acceptors (Lipinski definition) is 4. The molecule has 0 spiro atoms. The molecule has 1 saturated heterocycles. The summed E-state index contributed by atoms with van der Waals surface area (Å²) in [6, 6.07) is 5.55. The van der Waals surface area contributed by atoms with Gasteiger partial charge in [-0.1, -0.05) is 0 Å². The molecule has 0 aliphatic carbocycles. The minimum Gasteiger partial charge on any atom is -0.492 e. The van der Waals surface area contributed by atoms with E-state index in [1.54, 1.807) is 0 Å². The lowest BCUT2D eigenvalue weighted by Crippen LogP contribution is -2.41. The first-order valence-corrected chi connectivity index (χ1v) is 7.40. The summed E-state index contributed by atoms with van der Waals surface area (Å²) in [5.74, 6) is 2.87. The lowest BCUT2D eigenvalue weighted by Gasteiger charge is -2.27. The highest BCUT2D eigenvalue weighted by Gasteiger charge is 2.14. The van der Waals surface area contributed by atoms with E-state index in [9.17, 15) is 0 Å². The zero-order valence-corrected chi connectivity index (χ0v) is 14.8. The molecular weight excluding hydrogens is 397 g/mol. The first-order chi connectivity index (χ1) is 10.3. The van der Waals surface area contributed by atoms with Gasteiger partial charge >= 0.3 is 0 Å². The van der Waals surface area contributed by atoms with Crippen LogP contribution in [0.5, 0.6) is 17.2 Å². The van der Waals surface area contributed by atoms with Crippen LogP contribution < -0.4 is 19.9 Å². The van der Waals surface area contributed by atoms with Gasteiger partial charge in [0.1, 0.15) is 12.4 Å². The molecule has 0 atom stereocenters. The summed E-state index contributed by atoms with van der Waals surface area (Å²) >= 11 is 0. The molecule has 0 saturated carbocycles. The summed E-state index contributed by atoms with van der Waals surface area (Å²) in [6.45, 7) is 3.34. The molecule has 2 heterocycles. The molecule has 6 nitrogen and oxygen atoms in total. The van der Waals surface area contributed by atoms with E-state index in [-0.39, 0.29) is 30.8 Å². The fourth-order valence-electron chi connectivity index (χ4n) is 2.51. The molecule has 7 heteroatoms. The number of halogens is 1. The van der Waals surface area contributed by atoms with E-state index in [1.807, 2.05) is 18.2 Å². The summed E-state index contributed by atoms with van der Waals surface area (Å²) in [4.78, 5) is 6.52. The number of ether oxygens (including phenoxy) is 3. The number of guanidine groups is 1. The van der Waals surface area contributed by atoms with Crippen LogP contribution in [0.2, 0.25) is 0 Å². The van der Waals surface area contributed by atoms with E-state index in [1.165, 1.54) is 19.3 Å². The highest BCUT2D eigenvalue weighted by Crippen LogP contribution is 2.34. The Morgan fingerprint density at radius 1 is 1.18 bits per heavy atom. The third-order valence-electron chi connectivity index (χ3n) is 3.66. The Morgan fingerprint density at radius 2 is 1.95 bits per heavy atom. The van der Waals surface area contributed by atoms with Crippen LogP contribution in [-0.4, -0.2) is 43.9 Å². The van der Waals surface area contributed by atoms with Gasteiger partial charge in [0.2, 0.25) is 6.79 Å². The molecule has 0 radical (unpaired) electrons. The molecular formula is C15H22IN3O3. The number of likely N-dealkylation sites (tertiary alicyclic amines) is 1. The van der Waals surface area contributed by atoms with Gasteiger partial charge in [0.25, 0.3) is 0 Å².